The Morgan fingerprint density at radius 2 is 2.24 bits per heavy atom. The minimum atomic E-state index is -1.01. The topological polar surface area (TPSA) is 79.5 Å². The van der Waals surface area contributed by atoms with Crippen molar-refractivity contribution >= 4 is 11.9 Å². The molecule has 0 fully saturated rings. The van der Waals surface area contributed by atoms with Gasteiger partial charge in [-0.05, 0) is 19.4 Å². The molecule has 1 amide bonds. The molecule has 1 rings (SSSR count). The number of nitrogens with one attached hydrogen (secondary N) is 1. The number of carboxylic acids is 1. The molecule has 0 aliphatic rings. The van der Waals surface area contributed by atoms with Gasteiger partial charge in [-0.15, -0.1) is 0 Å². The zero-order chi connectivity index (χ0) is 12.8. The quantitative estimate of drug-likeness (QED) is 0.795. The van der Waals surface area contributed by atoms with Crippen LogP contribution in [0.2, 0.25) is 0 Å². The molecule has 5 heteroatoms. The van der Waals surface area contributed by atoms with Gasteiger partial charge < -0.3 is 14.8 Å². The lowest BCUT2D eigenvalue weighted by molar-refractivity contribution is -0.139. The fourth-order valence-corrected chi connectivity index (χ4v) is 1.47. The molecule has 0 unspecified atom stereocenters. The molecule has 0 saturated heterocycles. The molecule has 94 valence electrons. The summed E-state index contributed by atoms with van der Waals surface area (Å²) >= 11 is 0. The smallest absolute Gasteiger partial charge is 0.326 e. The highest BCUT2D eigenvalue weighted by Crippen LogP contribution is 2.08. The minimum absolute atomic E-state index is 0.352. The summed E-state index contributed by atoms with van der Waals surface area (Å²) in [5.41, 5.74) is 0.352. The number of carboxylic acid groups (broad SMARTS) is 1. The van der Waals surface area contributed by atoms with E-state index in [2.05, 4.69) is 5.32 Å². The van der Waals surface area contributed by atoms with Gasteiger partial charge in [0.2, 0.25) is 0 Å². The molecular weight excluding hydrogens is 222 g/mol. The molecule has 5 nitrogen and oxygen atoms in total. The maximum absolute atomic E-state index is 11.7. The molecule has 0 radical (unpaired) electrons. The van der Waals surface area contributed by atoms with Gasteiger partial charge in [0.15, 0.2) is 0 Å². The van der Waals surface area contributed by atoms with Crippen molar-refractivity contribution in [1.29, 1.82) is 0 Å². The average Bonchev–Trinajstić information content (AvgIpc) is 2.70. The number of hydrogen-bond acceptors (Lipinski definition) is 3. The maximum atomic E-state index is 11.7. The molecule has 0 aromatic carbocycles. The van der Waals surface area contributed by atoms with Gasteiger partial charge >= 0.3 is 5.97 Å². The van der Waals surface area contributed by atoms with Gasteiger partial charge in [-0.1, -0.05) is 19.8 Å². The van der Waals surface area contributed by atoms with Crippen LogP contribution >= 0.6 is 0 Å². The second-order valence-corrected chi connectivity index (χ2v) is 3.95. The molecule has 1 aromatic heterocycles. The first-order chi connectivity index (χ1) is 8.04. The van der Waals surface area contributed by atoms with Crippen molar-refractivity contribution in [2.45, 2.75) is 39.2 Å². The van der Waals surface area contributed by atoms with Gasteiger partial charge in [0, 0.05) is 0 Å². The first-order valence-electron chi connectivity index (χ1n) is 5.63. The summed E-state index contributed by atoms with van der Waals surface area (Å²) < 4.78 is 5.00. The molecule has 0 aliphatic carbocycles. The number of aliphatic carboxylic acids is 1. The van der Waals surface area contributed by atoms with Gasteiger partial charge in [0.25, 0.3) is 5.91 Å². The fraction of sp³-hybridized carbons (Fsp3) is 0.500. The van der Waals surface area contributed by atoms with Crippen LogP contribution in [0.5, 0.6) is 0 Å². The first kappa shape index (κ1) is 13.3. The van der Waals surface area contributed by atoms with Crippen LogP contribution in [0.1, 0.15) is 42.3 Å². The third-order valence-electron chi connectivity index (χ3n) is 2.44. The van der Waals surface area contributed by atoms with Gasteiger partial charge in [-0.3, -0.25) is 4.79 Å². The molecule has 0 saturated carbocycles. The van der Waals surface area contributed by atoms with E-state index in [0.29, 0.717) is 17.7 Å². The van der Waals surface area contributed by atoms with E-state index in [0.717, 1.165) is 12.8 Å². The summed E-state index contributed by atoms with van der Waals surface area (Å²) in [7, 11) is 0. The first-order valence-corrected chi connectivity index (χ1v) is 5.63. The van der Waals surface area contributed by atoms with Gasteiger partial charge in [-0.2, -0.15) is 0 Å². The van der Waals surface area contributed by atoms with Gasteiger partial charge in [0.1, 0.15) is 18.1 Å². The number of unbranched alkanes of at least 4 members (excludes halogenated alkanes) is 1. The van der Waals surface area contributed by atoms with E-state index in [-0.39, 0.29) is 0 Å². The number of rotatable bonds is 6. The number of carbonyl (C=O) groups is 2. The fourth-order valence-electron chi connectivity index (χ4n) is 1.47. The third-order valence-corrected chi connectivity index (χ3v) is 2.44. The Hall–Kier alpha value is -1.78. The second-order valence-electron chi connectivity index (χ2n) is 3.95. The lowest BCUT2D eigenvalue weighted by atomic mass is 10.1. The highest BCUT2D eigenvalue weighted by Gasteiger charge is 2.20. The van der Waals surface area contributed by atoms with Crippen LogP contribution in [0, 0.1) is 6.92 Å². The van der Waals surface area contributed by atoms with E-state index in [1.165, 1.54) is 6.26 Å². The van der Waals surface area contributed by atoms with E-state index in [1.807, 2.05) is 6.92 Å². The summed E-state index contributed by atoms with van der Waals surface area (Å²) in [5.74, 6) is -0.798. The van der Waals surface area contributed by atoms with E-state index < -0.39 is 17.9 Å². The largest absolute Gasteiger partial charge is 0.480 e. The zero-order valence-corrected chi connectivity index (χ0v) is 10.0. The third kappa shape index (κ3) is 3.94. The average molecular weight is 239 g/mol. The summed E-state index contributed by atoms with van der Waals surface area (Å²) in [6.45, 7) is 3.70. The predicted molar refractivity (Wildman–Crippen MR) is 61.9 cm³/mol. The Kier molecular flexibility index (Phi) is 4.75. The Morgan fingerprint density at radius 1 is 1.53 bits per heavy atom. The van der Waals surface area contributed by atoms with Crippen LogP contribution < -0.4 is 5.32 Å². The van der Waals surface area contributed by atoms with Gasteiger partial charge in [-0.25, -0.2) is 4.79 Å². The Morgan fingerprint density at radius 3 is 2.71 bits per heavy atom. The van der Waals surface area contributed by atoms with Crippen molar-refractivity contribution in [2.24, 2.45) is 0 Å². The summed E-state index contributed by atoms with van der Waals surface area (Å²) in [4.78, 5) is 22.6. The van der Waals surface area contributed by atoms with Crippen LogP contribution in [0.25, 0.3) is 0 Å². The number of furan rings is 1. The summed E-state index contributed by atoms with van der Waals surface area (Å²) in [5, 5.41) is 11.4. The lowest BCUT2D eigenvalue weighted by Gasteiger charge is -2.13. The van der Waals surface area contributed by atoms with Gasteiger partial charge in [0.05, 0.1) is 5.56 Å². The number of carbonyl (C=O) groups excluding carboxylic acids is 1. The van der Waals surface area contributed by atoms with Crippen molar-refractivity contribution in [3.63, 3.8) is 0 Å². The Balaban J connectivity index is 2.60. The Labute approximate surface area is 99.8 Å². The van der Waals surface area contributed by atoms with Crippen molar-refractivity contribution in [3.8, 4) is 0 Å². The molecular formula is C12H17NO4. The SMILES string of the molecule is CCCC[C@H](NC(=O)c1coc(C)c1)C(=O)O. The normalized spacial score (nSPS) is 12.1. The molecule has 2 N–H and O–H groups in total. The van der Waals surface area contributed by atoms with Crippen molar-refractivity contribution in [3.05, 3.63) is 23.7 Å². The molecule has 0 spiro atoms. The van der Waals surface area contributed by atoms with Crippen molar-refractivity contribution in [1.82, 2.24) is 5.32 Å². The standard InChI is InChI=1S/C12H17NO4/c1-3-4-5-10(12(15)16)13-11(14)9-6-8(2)17-7-9/h6-7,10H,3-5H2,1-2H3,(H,13,14)(H,15,16)/t10-/m0/s1. The monoisotopic (exact) mass is 239 g/mol. The van der Waals surface area contributed by atoms with Crippen molar-refractivity contribution in [2.75, 3.05) is 0 Å². The van der Waals surface area contributed by atoms with Crippen LogP contribution in [0.15, 0.2) is 16.7 Å². The number of aryl methyl sites for hydroxylation is 1. The van der Waals surface area contributed by atoms with Crippen LogP contribution in [0.3, 0.4) is 0 Å². The molecule has 1 aromatic rings. The van der Waals surface area contributed by atoms with E-state index in [9.17, 15) is 9.59 Å². The summed E-state index contributed by atoms with van der Waals surface area (Å²) in [6, 6.07) is 0.742. The summed E-state index contributed by atoms with van der Waals surface area (Å²) in [6.07, 6.45) is 3.42. The van der Waals surface area contributed by atoms with Crippen LogP contribution in [0.4, 0.5) is 0 Å². The van der Waals surface area contributed by atoms with E-state index >= 15 is 0 Å². The second kappa shape index (κ2) is 6.08. The molecule has 17 heavy (non-hydrogen) atoms. The molecule has 1 atom stereocenters. The van der Waals surface area contributed by atoms with Crippen LogP contribution in [-0.2, 0) is 4.79 Å². The number of hydrogen-bond donors (Lipinski definition) is 2. The van der Waals surface area contributed by atoms with Crippen molar-refractivity contribution < 1.29 is 19.1 Å². The number of amides is 1. The molecule has 0 bridgehead atoms. The predicted octanol–water partition coefficient (Wildman–Crippen LogP) is 1.96. The van der Waals surface area contributed by atoms with E-state index in [1.54, 1.807) is 13.0 Å². The molecule has 1 heterocycles. The van der Waals surface area contributed by atoms with Crippen LogP contribution in [-0.4, -0.2) is 23.0 Å². The highest BCUT2D eigenvalue weighted by atomic mass is 16.4. The highest BCUT2D eigenvalue weighted by molar-refractivity contribution is 5.96. The minimum Gasteiger partial charge on any atom is -0.480 e. The van der Waals surface area contributed by atoms with E-state index in [4.69, 9.17) is 9.52 Å². The lowest BCUT2D eigenvalue weighted by Crippen LogP contribution is -2.40. The Bertz CT molecular complexity index is 397. The maximum Gasteiger partial charge on any atom is 0.326 e. The zero-order valence-electron chi connectivity index (χ0n) is 10.0. The molecule has 0 aliphatic heterocycles.